The third-order valence-electron chi connectivity index (χ3n) is 3.96. The smallest absolute Gasteiger partial charge is 0.138 e. The zero-order valence-corrected chi connectivity index (χ0v) is 12.8. The Hall–Kier alpha value is -1.51. The molecule has 1 aliphatic heterocycles. The van der Waals surface area contributed by atoms with Crippen molar-refractivity contribution in [2.45, 2.75) is 25.4 Å². The highest BCUT2D eigenvalue weighted by Gasteiger charge is 2.16. The molecule has 1 heterocycles. The minimum Gasteiger partial charge on any atom is -0.487 e. The Morgan fingerprint density at radius 1 is 1.14 bits per heavy atom. The zero-order chi connectivity index (χ0) is 14.5. The van der Waals surface area contributed by atoms with Gasteiger partial charge in [0.05, 0.1) is 5.02 Å². The van der Waals surface area contributed by atoms with Crippen LogP contribution in [0, 0.1) is 0 Å². The molecule has 2 aromatic carbocycles. The van der Waals surface area contributed by atoms with Crippen molar-refractivity contribution in [2.24, 2.45) is 0 Å². The number of ether oxygens (including phenoxy) is 1. The molecule has 3 heteroatoms. The molecule has 110 valence electrons. The van der Waals surface area contributed by atoms with Crippen molar-refractivity contribution in [3.8, 4) is 5.75 Å². The highest BCUT2D eigenvalue weighted by Crippen LogP contribution is 2.31. The third-order valence-corrected chi connectivity index (χ3v) is 4.26. The zero-order valence-electron chi connectivity index (χ0n) is 12.0. The second-order valence-corrected chi connectivity index (χ2v) is 5.91. The van der Waals surface area contributed by atoms with Gasteiger partial charge in [-0.25, -0.2) is 0 Å². The minimum atomic E-state index is 0.547. The van der Waals surface area contributed by atoms with Crippen molar-refractivity contribution < 1.29 is 4.74 Å². The molecule has 1 atom stereocenters. The van der Waals surface area contributed by atoms with Crippen molar-refractivity contribution in [3.05, 3.63) is 64.7 Å². The van der Waals surface area contributed by atoms with Crippen LogP contribution < -0.4 is 10.1 Å². The molecule has 2 aromatic rings. The van der Waals surface area contributed by atoms with Gasteiger partial charge < -0.3 is 10.1 Å². The lowest BCUT2D eigenvalue weighted by Crippen LogP contribution is -2.28. The fourth-order valence-electron chi connectivity index (χ4n) is 2.76. The maximum Gasteiger partial charge on any atom is 0.138 e. The molecule has 21 heavy (non-hydrogen) atoms. The standard InChI is InChI=1S/C18H20ClNO/c19-17-11-15(16-7-4-10-20-12-16)8-9-18(17)21-13-14-5-2-1-3-6-14/h1-3,5-6,8-9,11,16,20H,4,7,10,12-13H2. The van der Waals surface area contributed by atoms with Gasteiger partial charge in [-0.05, 0) is 48.6 Å². The third kappa shape index (κ3) is 3.78. The molecule has 1 fully saturated rings. The molecule has 1 N–H and O–H groups in total. The number of benzene rings is 2. The summed E-state index contributed by atoms with van der Waals surface area (Å²) in [5.41, 5.74) is 2.45. The van der Waals surface area contributed by atoms with Crippen LogP contribution in [0.1, 0.15) is 29.9 Å². The number of nitrogens with one attached hydrogen (secondary N) is 1. The van der Waals surface area contributed by atoms with Crippen LogP contribution in [0.25, 0.3) is 0 Å². The van der Waals surface area contributed by atoms with E-state index in [2.05, 4.69) is 29.6 Å². The summed E-state index contributed by atoms with van der Waals surface area (Å²) in [4.78, 5) is 0. The van der Waals surface area contributed by atoms with Crippen LogP contribution in [0.5, 0.6) is 5.75 Å². The molecular formula is C18H20ClNO. The van der Waals surface area contributed by atoms with Gasteiger partial charge in [-0.1, -0.05) is 48.0 Å². The molecular weight excluding hydrogens is 282 g/mol. The van der Waals surface area contributed by atoms with Gasteiger partial charge in [-0.2, -0.15) is 0 Å². The Labute approximate surface area is 131 Å². The van der Waals surface area contributed by atoms with E-state index in [4.69, 9.17) is 16.3 Å². The lowest BCUT2D eigenvalue weighted by atomic mass is 9.92. The summed E-state index contributed by atoms with van der Waals surface area (Å²) in [6.45, 7) is 2.72. The number of hydrogen-bond donors (Lipinski definition) is 1. The summed E-state index contributed by atoms with van der Waals surface area (Å²) in [6, 6.07) is 16.3. The summed E-state index contributed by atoms with van der Waals surface area (Å²) in [5.74, 6) is 1.33. The van der Waals surface area contributed by atoms with E-state index in [1.54, 1.807) is 0 Å². The predicted molar refractivity (Wildman–Crippen MR) is 87.1 cm³/mol. The lowest BCUT2D eigenvalue weighted by molar-refractivity contribution is 0.306. The van der Waals surface area contributed by atoms with Gasteiger partial charge in [0.2, 0.25) is 0 Å². The van der Waals surface area contributed by atoms with Crippen molar-refractivity contribution in [1.82, 2.24) is 5.32 Å². The summed E-state index contributed by atoms with van der Waals surface area (Å²) in [7, 11) is 0. The Morgan fingerprint density at radius 3 is 2.71 bits per heavy atom. The largest absolute Gasteiger partial charge is 0.487 e. The van der Waals surface area contributed by atoms with Crippen LogP contribution in [0.3, 0.4) is 0 Å². The average Bonchev–Trinajstić information content (AvgIpc) is 2.55. The predicted octanol–water partition coefficient (Wildman–Crippen LogP) is 4.39. The van der Waals surface area contributed by atoms with E-state index in [0.717, 1.165) is 24.4 Å². The fourth-order valence-corrected chi connectivity index (χ4v) is 3.00. The van der Waals surface area contributed by atoms with Gasteiger partial charge in [-0.3, -0.25) is 0 Å². The van der Waals surface area contributed by atoms with Crippen LogP contribution in [0.4, 0.5) is 0 Å². The molecule has 0 radical (unpaired) electrons. The first-order chi connectivity index (χ1) is 10.3. The van der Waals surface area contributed by atoms with Gasteiger partial charge >= 0.3 is 0 Å². The van der Waals surface area contributed by atoms with Gasteiger partial charge in [0.15, 0.2) is 0 Å². The lowest BCUT2D eigenvalue weighted by Gasteiger charge is -2.23. The van der Waals surface area contributed by atoms with Gasteiger partial charge in [0.25, 0.3) is 0 Å². The Bertz CT molecular complexity index is 579. The Balaban J connectivity index is 1.66. The van der Waals surface area contributed by atoms with Crippen molar-refractivity contribution in [2.75, 3.05) is 13.1 Å². The quantitative estimate of drug-likeness (QED) is 0.904. The molecule has 0 aliphatic carbocycles. The molecule has 1 unspecified atom stereocenters. The first kappa shape index (κ1) is 14.4. The molecule has 3 rings (SSSR count). The fraction of sp³-hybridized carbons (Fsp3) is 0.333. The van der Waals surface area contributed by atoms with E-state index < -0.39 is 0 Å². The molecule has 0 spiro atoms. The van der Waals surface area contributed by atoms with E-state index >= 15 is 0 Å². The minimum absolute atomic E-state index is 0.547. The van der Waals surface area contributed by atoms with E-state index in [1.807, 2.05) is 24.3 Å². The average molecular weight is 302 g/mol. The van der Waals surface area contributed by atoms with Crippen molar-refractivity contribution in [1.29, 1.82) is 0 Å². The van der Waals surface area contributed by atoms with Crippen LogP contribution >= 0.6 is 11.6 Å². The summed E-state index contributed by atoms with van der Waals surface area (Å²) < 4.78 is 5.82. The topological polar surface area (TPSA) is 21.3 Å². The van der Waals surface area contributed by atoms with Crippen LogP contribution in [0.2, 0.25) is 5.02 Å². The SMILES string of the molecule is Clc1cc(C2CCCNC2)ccc1OCc1ccccc1. The monoisotopic (exact) mass is 301 g/mol. The van der Waals surface area contributed by atoms with Crippen LogP contribution in [-0.4, -0.2) is 13.1 Å². The van der Waals surface area contributed by atoms with E-state index in [-0.39, 0.29) is 0 Å². The highest BCUT2D eigenvalue weighted by molar-refractivity contribution is 6.32. The number of rotatable bonds is 4. The van der Waals surface area contributed by atoms with E-state index in [9.17, 15) is 0 Å². The van der Waals surface area contributed by atoms with E-state index in [0.29, 0.717) is 17.5 Å². The van der Waals surface area contributed by atoms with Crippen molar-refractivity contribution in [3.63, 3.8) is 0 Å². The molecule has 0 amide bonds. The molecule has 2 nitrogen and oxygen atoms in total. The van der Waals surface area contributed by atoms with Gasteiger partial charge in [0, 0.05) is 6.54 Å². The normalized spacial score (nSPS) is 18.4. The number of halogens is 1. The number of piperidine rings is 1. The molecule has 0 saturated carbocycles. The van der Waals surface area contributed by atoms with Gasteiger partial charge in [-0.15, -0.1) is 0 Å². The molecule has 0 aromatic heterocycles. The van der Waals surface area contributed by atoms with E-state index in [1.165, 1.54) is 18.4 Å². The Kier molecular flexibility index (Phi) is 4.79. The molecule has 0 bridgehead atoms. The first-order valence-electron chi connectivity index (χ1n) is 7.50. The Morgan fingerprint density at radius 2 is 2.00 bits per heavy atom. The van der Waals surface area contributed by atoms with Crippen molar-refractivity contribution >= 4 is 11.6 Å². The summed E-state index contributed by atoms with van der Waals surface area (Å²) >= 11 is 6.37. The molecule has 1 saturated heterocycles. The first-order valence-corrected chi connectivity index (χ1v) is 7.87. The molecule has 1 aliphatic rings. The highest BCUT2D eigenvalue weighted by atomic mass is 35.5. The van der Waals surface area contributed by atoms with Crippen LogP contribution in [-0.2, 0) is 6.61 Å². The van der Waals surface area contributed by atoms with Crippen LogP contribution in [0.15, 0.2) is 48.5 Å². The van der Waals surface area contributed by atoms with Gasteiger partial charge in [0.1, 0.15) is 12.4 Å². The summed E-state index contributed by atoms with van der Waals surface area (Å²) in [5, 5.41) is 4.14. The number of hydrogen-bond acceptors (Lipinski definition) is 2. The second-order valence-electron chi connectivity index (χ2n) is 5.51. The maximum absolute atomic E-state index is 6.37. The summed E-state index contributed by atoms with van der Waals surface area (Å²) in [6.07, 6.45) is 2.46. The maximum atomic E-state index is 6.37. The second kappa shape index (κ2) is 6.97.